The normalized spacial score (nSPS) is 11.0. The molecular weight excluding hydrogens is 304 g/mol. The number of carbonyl (C=O) groups is 1. The van der Waals surface area contributed by atoms with Crippen molar-refractivity contribution in [2.75, 3.05) is 5.73 Å². The number of thiophene rings is 1. The molecule has 3 rings (SSSR count). The Bertz CT molecular complexity index is 878. The van der Waals surface area contributed by atoms with Crippen molar-refractivity contribution >= 4 is 33.3 Å². The van der Waals surface area contributed by atoms with Gasteiger partial charge in [0.05, 0.1) is 11.1 Å². The average Bonchev–Trinajstić information content (AvgIpc) is 2.90. The molecular formula is C14H14N4O3S. The largest absolute Gasteiger partial charge is 0.459 e. The Morgan fingerprint density at radius 3 is 2.64 bits per heavy atom. The summed E-state index contributed by atoms with van der Waals surface area (Å²) in [4.78, 5) is 20.3. The third kappa shape index (κ3) is 2.27. The van der Waals surface area contributed by atoms with Crippen LogP contribution in [-0.2, 0) is 0 Å². The van der Waals surface area contributed by atoms with Gasteiger partial charge in [0.2, 0.25) is 5.06 Å². The van der Waals surface area contributed by atoms with Crippen LogP contribution in [-0.4, -0.2) is 16.1 Å². The first-order valence-corrected chi connectivity index (χ1v) is 7.29. The molecule has 0 aromatic carbocycles. The van der Waals surface area contributed by atoms with E-state index in [0.29, 0.717) is 27.5 Å². The molecule has 3 aromatic rings. The molecule has 0 radical (unpaired) electrons. The lowest BCUT2D eigenvalue weighted by molar-refractivity contribution is 0.212. The molecule has 8 heteroatoms. The van der Waals surface area contributed by atoms with Crippen LogP contribution in [0.2, 0.25) is 0 Å². The second-order valence-corrected chi connectivity index (χ2v) is 5.84. The summed E-state index contributed by atoms with van der Waals surface area (Å²) in [6.45, 7) is 5.60. The van der Waals surface area contributed by atoms with E-state index in [1.165, 1.54) is 0 Å². The first-order valence-electron chi connectivity index (χ1n) is 6.48. The number of primary amides is 1. The number of hydrogen-bond acceptors (Lipinski definition) is 7. The third-order valence-electron chi connectivity index (χ3n) is 3.26. The number of nitrogen functional groups attached to an aromatic ring is 1. The van der Waals surface area contributed by atoms with Crippen molar-refractivity contribution in [3.63, 3.8) is 0 Å². The van der Waals surface area contributed by atoms with Crippen LogP contribution in [0.5, 0.6) is 5.06 Å². The molecule has 0 aliphatic heterocycles. The van der Waals surface area contributed by atoms with Gasteiger partial charge < -0.3 is 20.6 Å². The van der Waals surface area contributed by atoms with E-state index in [0.717, 1.165) is 22.7 Å². The number of amides is 1. The number of ether oxygens (including phenoxy) is 1. The molecule has 0 atom stereocenters. The molecule has 0 saturated carbocycles. The number of aromatic nitrogens is 2. The summed E-state index contributed by atoms with van der Waals surface area (Å²) in [5.41, 5.74) is 13.0. The third-order valence-corrected chi connectivity index (χ3v) is 4.24. The van der Waals surface area contributed by atoms with Gasteiger partial charge in [-0.2, -0.15) is 0 Å². The average molecular weight is 318 g/mol. The number of anilines is 1. The SMILES string of the molecule is Cc1nc(-c2cc(C)c(C)o2)c2c(N)c(OC(N)=O)sc2n1. The lowest BCUT2D eigenvalue weighted by atomic mass is 10.2. The molecule has 0 unspecified atom stereocenters. The first-order chi connectivity index (χ1) is 10.4. The molecule has 0 aliphatic rings. The second-order valence-electron chi connectivity index (χ2n) is 4.87. The Morgan fingerprint density at radius 2 is 2.05 bits per heavy atom. The van der Waals surface area contributed by atoms with Gasteiger partial charge >= 0.3 is 6.09 Å². The van der Waals surface area contributed by atoms with E-state index in [1.807, 2.05) is 19.9 Å². The van der Waals surface area contributed by atoms with Crippen LogP contribution in [0.15, 0.2) is 10.5 Å². The number of fused-ring (bicyclic) bond motifs is 1. The second kappa shape index (κ2) is 4.99. The predicted molar refractivity (Wildman–Crippen MR) is 84.0 cm³/mol. The van der Waals surface area contributed by atoms with E-state index in [4.69, 9.17) is 20.6 Å². The molecule has 0 bridgehead atoms. The number of nitrogens with zero attached hydrogens (tertiary/aromatic N) is 2. The Balaban J connectivity index is 2.29. The topological polar surface area (TPSA) is 117 Å². The van der Waals surface area contributed by atoms with E-state index in [2.05, 4.69) is 9.97 Å². The molecule has 0 aliphatic carbocycles. The minimum absolute atomic E-state index is 0.212. The lowest BCUT2D eigenvalue weighted by Crippen LogP contribution is -2.16. The number of carbonyl (C=O) groups excluding carboxylic acids is 1. The van der Waals surface area contributed by atoms with Gasteiger partial charge in [0.25, 0.3) is 0 Å². The predicted octanol–water partition coefficient (Wildman–Crippen LogP) is 2.92. The number of aryl methyl sites for hydroxylation is 3. The maximum absolute atomic E-state index is 11.0. The lowest BCUT2D eigenvalue weighted by Gasteiger charge is -2.02. The van der Waals surface area contributed by atoms with Gasteiger partial charge in [-0.1, -0.05) is 11.3 Å². The summed E-state index contributed by atoms with van der Waals surface area (Å²) in [5, 5.41) is 0.809. The van der Waals surface area contributed by atoms with Gasteiger partial charge in [-0.3, -0.25) is 0 Å². The van der Waals surface area contributed by atoms with E-state index in [9.17, 15) is 4.79 Å². The van der Waals surface area contributed by atoms with Crippen LogP contribution >= 0.6 is 11.3 Å². The van der Waals surface area contributed by atoms with Crippen LogP contribution in [0.1, 0.15) is 17.1 Å². The molecule has 4 N–H and O–H groups in total. The number of nitrogens with two attached hydrogens (primary N) is 2. The summed E-state index contributed by atoms with van der Waals surface area (Å²) >= 11 is 1.15. The monoisotopic (exact) mass is 318 g/mol. The minimum atomic E-state index is -0.922. The fourth-order valence-electron chi connectivity index (χ4n) is 2.14. The first kappa shape index (κ1) is 14.3. The van der Waals surface area contributed by atoms with Crippen LogP contribution < -0.4 is 16.2 Å². The number of rotatable bonds is 2. The summed E-state index contributed by atoms with van der Waals surface area (Å²) in [7, 11) is 0. The van der Waals surface area contributed by atoms with Gasteiger partial charge in [-0.25, -0.2) is 14.8 Å². The summed E-state index contributed by atoms with van der Waals surface area (Å²) in [6.07, 6.45) is -0.922. The quantitative estimate of drug-likeness (QED) is 0.750. The van der Waals surface area contributed by atoms with Crippen LogP contribution in [0.3, 0.4) is 0 Å². The highest BCUT2D eigenvalue weighted by atomic mass is 32.1. The summed E-state index contributed by atoms with van der Waals surface area (Å²) < 4.78 is 10.7. The molecule has 1 amide bonds. The molecule has 0 fully saturated rings. The molecule has 0 spiro atoms. The highest BCUT2D eigenvalue weighted by Gasteiger charge is 2.21. The van der Waals surface area contributed by atoms with Crippen LogP contribution in [0, 0.1) is 20.8 Å². The zero-order chi connectivity index (χ0) is 16.0. The Labute approximate surface area is 129 Å². The molecule has 114 valence electrons. The van der Waals surface area contributed by atoms with E-state index < -0.39 is 6.09 Å². The Morgan fingerprint density at radius 1 is 1.32 bits per heavy atom. The van der Waals surface area contributed by atoms with Crippen molar-refractivity contribution in [2.24, 2.45) is 5.73 Å². The number of hydrogen-bond donors (Lipinski definition) is 2. The standard InChI is InChI=1S/C14H14N4O3S/c1-5-4-8(20-6(5)2)11-9-10(15)13(21-14(16)19)22-12(9)18-7(3)17-11/h4H,15H2,1-3H3,(H2,16,19). The van der Waals surface area contributed by atoms with Crippen molar-refractivity contribution < 1.29 is 13.9 Å². The number of furan rings is 1. The van der Waals surface area contributed by atoms with E-state index >= 15 is 0 Å². The van der Waals surface area contributed by atoms with E-state index in [1.54, 1.807) is 6.92 Å². The van der Waals surface area contributed by atoms with Gasteiger partial charge in [-0.15, -0.1) is 0 Å². The van der Waals surface area contributed by atoms with Gasteiger partial charge in [0.1, 0.15) is 22.1 Å². The zero-order valence-corrected chi connectivity index (χ0v) is 13.1. The molecule has 22 heavy (non-hydrogen) atoms. The van der Waals surface area contributed by atoms with Gasteiger partial charge in [0.15, 0.2) is 5.76 Å². The van der Waals surface area contributed by atoms with Crippen molar-refractivity contribution in [1.82, 2.24) is 9.97 Å². The fraction of sp³-hybridized carbons (Fsp3) is 0.214. The summed E-state index contributed by atoms with van der Waals surface area (Å²) in [5.74, 6) is 1.98. The smallest absolute Gasteiger partial charge is 0.410 e. The maximum Gasteiger partial charge on any atom is 0.410 e. The van der Waals surface area contributed by atoms with Crippen molar-refractivity contribution in [3.05, 3.63) is 23.2 Å². The molecule has 0 saturated heterocycles. The fourth-order valence-corrected chi connectivity index (χ4v) is 3.14. The summed E-state index contributed by atoms with van der Waals surface area (Å²) in [6, 6.07) is 1.89. The molecule has 3 heterocycles. The van der Waals surface area contributed by atoms with E-state index in [-0.39, 0.29) is 10.8 Å². The van der Waals surface area contributed by atoms with Crippen LogP contribution in [0.4, 0.5) is 10.5 Å². The molecule has 3 aromatic heterocycles. The zero-order valence-electron chi connectivity index (χ0n) is 12.3. The van der Waals surface area contributed by atoms with Gasteiger partial charge in [0, 0.05) is 0 Å². The van der Waals surface area contributed by atoms with Gasteiger partial charge in [-0.05, 0) is 32.4 Å². The minimum Gasteiger partial charge on any atom is -0.459 e. The Kier molecular flexibility index (Phi) is 3.25. The van der Waals surface area contributed by atoms with Crippen molar-refractivity contribution in [1.29, 1.82) is 0 Å². The van der Waals surface area contributed by atoms with Crippen LogP contribution in [0.25, 0.3) is 21.7 Å². The highest BCUT2D eigenvalue weighted by molar-refractivity contribution is 7.21. The maximum atomic E-state index is 11.0. The van der Waals surface area contributed by atoms with Crippen molar-refractivity contribution in [3.8, 4) is 16.5 Å². The Hall–Kier alpha value is -2.61. The highest BCUT2D eigenvalue weighted by Crippen LogP contribution is 2.43. The van der Waals surface area contributed by atoms with Crippen molar-refractivity contribution in [2.45, 2.75) is 20.8 Å². The molecule has 7 nitrogen and oxygen atoms in total.